The molecule has 0 atom stereocenters. The van der Waals surface area contributed by atoms with Crippen LogP contribution in [0.15, 0.2) is 0 Å². The Morgan fingerprint density at radius 1 is 1.64 bits per heavy atom. The lowest BCUT2D eigenvalue weighted by Crippen LogP contribution is -2.09. The normalized spacial score (nSPS) is 10.5. The average molecular weight is 176 g/mol. The quantitative estimate of drug-likeness (QED) is 0.377. The van der Waals surface area contributed by atoms with Crippen LogP contribution in [-0.2, 0) is 4.74 Å². The van der Waals surface area contributed by atoms with Gasteiger partial charge in [0.25, 0.3) is 0 Å². The van der Waals surface area contributed by atoms with Crippen LogP contribution >= 0.6 is 11.8 Å². The third kappa shape index (κ3) is 9.78. The van der Waals surface area contributed by atoms with E-state index in [9.17, 15) is 0 Å². The molecule has 0 aliphatic rings. The van der Waals surface area contributed by atoms with Gasteiger partial charge in [0.15, 0.2) is 5.17 Å². The smallest absolute Gasteiger partial charge is 0.151 e. The highest BCUT2D eigenvalue weighted by Crippen LogP contribution is 1.98. The van der Waals surface area contributed by atoms with Gasteiger partial charge < -0.3 is 10.5 Å². The largest absolute Gasteiger partial charge is 0.380 e. The molecule has 11 heavy (non-hydrogen) atoms. The van der Waals surface area contributed by atoms with Gasteiger partial charge in [-0.3, -0.25) is 5.41 Å². The minimum absolute atomic E-state index is 0.165. The number of thioether (sulfide) groups is 1. The van der Waals surface area contributed by atoms with Gasteiger partial charge in [0.1, 0.15) is 0 Å². The molecule has 0 fully saturated rings. The fourth-order valence-electron chi connectivity index (χ4n) is 0.530. The van der Waals surface area contributed by atoms with Crippen molar-refractivity contribution in [1.82, 2.24) is 0 Å². The van der Waals surface area contributed by atoms with Gasteiger partial charge >= 0.3 is 0 Å². The Morgan fingerprint density at radius 3 is 2.73 bits per heavy atom. The first-order chi connectivity index (χ1) is 5.13. The molecule has 3 nitrogen and oxygen atoms in total. The van der Waals surface area contributed by atoms with Gasteiger partial charge in [-0.1, -0.05) is 25.6 Å². The summed E-state index contributed by atoms with van der Waals surface area (Å²) in [5, 5.41) is 7.06. The molecule has 0 saturated heterocycles. The summed E-state index contributed by atoms with van der Waals surface area (Å²) in [6.07, 6.45) is 0. The van der Waals surface area contributed by atoms with Gasteiger partial charge in [0.2, 0.25) is 0 Å². The Hall–Kier alpha value is -0.220. The summed E-state index contributed by atoms with van der Waals surface area (Å²) in [6.45, 7) is 5.69. The maximum absolute atomic E-state index is 6.90. The molecular weight excluding hydrogens is 160 g/mol. The summed E-state index contributed by atoms with van der Waals surface area (Å²) < 4.78 is 5.27. The fourth-order valence-corrected chi connectivity index (χ4v) is 0.951. The third-order valence-electron chi connectivity index (χ3n) is 0.936. The zero-order valence-corrected chi connectivity index (χ0v) is 7.91. The van der Waals surface area contributed by atoms with E-state index < -0.39 is 0 Å². The highest BCUT2D eigenvalue weighted by Gasteiger charge is 1.94. The zero-order valence-electron chi connectivity index (χ0n) is 7.09. The van der Waals surface area contributed by atoms with E-state index in [-0.39, 0.29) is 5.17 Å². The summed E-state index contributed by atoms with van der Waals surface area (Å²) in [6, 6.07) is 0. The number of rotatable bonds is 5. The Kier molecular flexibility index (Phi) is 6.36. The molecule has 0 saturated carbocycles. The Balaban J connectivity index is 2.97. The fraction of sp³-hybridized carbons (Fsp3) is 0.857. The third-order valence-corrected chi connectivity index (χ3v) is 1.62. The van der Waals surface area contributed by atoms with Crippen molar-refractivity contribution in [2.24, 2.45) is 11.7 Å². The monoisotopic (exact) mass is 176 g/mol. The van der Waals surface area contributed by atoms with Gasteiger partial charge in [-0.25, -0.2) is 0 Å². The number of hydrogen-bond donors (Lipinski definition) is 2. The van der Waals surface area contributed by atoms with Crippen LogP contribution in [-0.4, -0.2) is 24.1 Å². The van der Waals surface area contributed by atoms with Crippen molar-refractivity contribution in [3.8, 4) is 0 Å². The predicted octanol–water partition coefficient (Wildman–Crippen LogP) is 1.29. The number of amidine groups is 1. The van der Waals surface area contributed by atoms with Crippen LogP contribution in [0.4, 0.5) is 0 Å². The van der Waals surface area contributed by atoms with Crippen LogP contribution < -0.4 is 5.73 Å². The molecule has 0 bridgehead atoms. The van der Waals surface area contributed by atoms with Crippen LogP contribution in [0.5, 0.6) is 0 Å². The second-order valence-electron chi connectivity index (χ2n) is 2.68. The van der Waals surface area contributed by atoms with Crippen molar-refractivity contribution in [2.45, 2.75) is 13.8 Å². The molecule has 0 aliphatic carbocycles. The first-order valence-corrected chi connectivity index (χ1v) is 4.66. The van der Waals surface area contributed by atoms with Crippen LogP contribution in [0.1, 0.15) is 13.8 Å². The molecule has 0 aliphatic heterocycles. The van der Waals surface area contributed by atoms with Gasteiger partial charge in [-0.2, -0.15) is 0 Å². The topological polar surface area (TPSA) is 59.1 Å². The highest BCUT2D eigenvalue weighted by molar-refractivity contribution is 8.13. The molecule has 66 valence electrons. The lowest BCUT2D eigenvalue weighted by molar-refractivity contribution is 0.124. The molecule has 0 aromatic carbocycles. The first kappa shape index (κ1) is 10.8. The van der Waals surface area contributed by atoms with Crippen molar-refractivity contribution in [2.75, 3.05) is 19.0 Å². The molecule has 0 aromatic heterocycles. The predicted molar refractivity (Wildman–Crippen MR) is 50.0 cm³/mol. The standard InChI is InChI=1S/C7H16N2OS/c1-6(2)5-10-3-4-11-7(8)9/h6H,3-5H2,1-2H3,(H3,8,9). The van der Waals surface area contributed by atoms with Crippen molar-refractivity contribution in [3.05, 3.63) is 0 Å². The lowest BCUT2D eigenvalue weighted by Gasteiger charge is -2.05. The molecule has 3 N–H and O–H groups in total. The molecule has 4 heteroatoms. The van der Waals surface area contributed by atoms with Crippen LogP contribution in [0.25, 0.3) is 0 Å². The summed E-state index contributed by atoms with van der Waals surface area (Å²) in [4.78, 5) is 0. The number of hydrogen-bond acceptors (Lipinski definition) is 3. The van der Waals surface area contributed by atoms with E-state index in [1.54, 1.807) is 0 Å². The number of ether oxygens (including phenoxy) is 1. The first-order valence-electron chi connectivity index (χ1n) is 3.67. The maximum Gasteiger partial charge on any atom is 0.151 e. The molecule has 0 radical (unpaired) electrons. The minimum atomic E-state index is 0.165. The van der Waals surface area contributed by atoms with E-state index in [0.29, 0.717) is 12.5 Å². The Labute approximate surface area is 72.2 Å². The summed E-state index contributed by atoms with van der Waals surface area (Å²) >= 11 is 1.32. The molecule has 0 amide bonds. The molecule has 0 unspecified atom stereocenters. The minimum Gasteiger partial charge on any atom is -0.380 e. The molecule has 0 heterocycles. The molecule has 0 rings (SSSR count). The van der Waals surface area contributed by atoms with Crippen molar-refractivity contribution >= 4 is 16.9 Å². The van der Waals surface area contributed by atoms with Crippen molar-refractivity contribution in [3.63, 3.8) is 0 Å². The second kappa shape index (κ2) is 6.49. The van der Waals surface area contributed by atoms with E-state index in [4.69, 9.17) is 15.9 Å². The van der Waals surface area contributed by atoms with Gasteiger partial charge in [0.05, 0.1) is 6.61 Å². The maximum atomic E-state index is 6.90. The molecule has 0 aromatic rings. The van der Waals surface area contributed by atoms with E-state index in [0.717, 1.165) is 12.4 Å². The summed E-state index contributed by atoms with van der Waals surface area (Å²) in [7, 11) is 0. The van der Waals surface area contributed by atoms with E-state index >= 15 is 0 Å². The van der Waals surface area contributed by atoms with E-state index in [1.807, 2.05) is 0 Å². The number of nitrogens with one attached hydrogen (secondary N) is 1. The van der Waals surface area contributed by atoms with E-state index in [2.05, 4.69) is 13.8 Å². The summed E-state index contributed by atoms with van der Waals surface area (Å²) in [5.74, 6) is 1.36. The molecular formula is C7H16N2OS. The zero-order chi connectivity index (χ0) is 8.69. The van der Waals surface area contributed by atoms with Crippen LogP contribution in [0.2, 0.25) is 0 Å². The van der Waals surface area contributed by atoms with Gasteiger partial charge in [-0.15, -0.1) is 0 Å². The van der Waals surface area contributed by atoms with Crippen LogP contribution in [0.3, 0.4) is 0 Å². The Bertz CT molecular complexity index is 117. The van der Waals surface area contributed by atoms with Gasteiger partial charge in [0, 0.05) is 12.4 Å². The van der Waals surface area contributed by atoms with Crippen LogP contribution in [0, 0.1) is 11.3 Å². The number of nitrogens with two attached hydrogens (primary N) is 1. The van der Waals surface area contributed by atoms with E-state index in [1.165, 1.54) is 11.8 Å². The van der Waals surface area contributed by atoms with Crippen molar-refractivity contribution < 1.29 is 4.74 Å². The average Bonchev–Trinajstić information content (AvgIpc) is 1.85. The second-order valence-corrected chi connectivity index (χ2v) is 3.82. The van der Waals surface area contributed by atoms with Gasteiger partial charge in [-0.05, 0) is 5.92 Å². The molecule has 0 spiro atoms. The van der Waals surface area contributed by atoms with Crippen molar-refractivity contribution in [1.29, 1.82) is 5.41 Å². The lowest BCUT2D eigenvalue weighted by atomic mass is 10.2. The Morgan fingerprint density at radius 2 is 2.27 bits per heavy atom. The SMILES string of the molecule is CC(C)COCCSC(=N)N. The highest BCUT2D eigenvalue weighted by atomic mass is 32.2. The summed E-state index contributed by atoms with van der Waals surface area (Å²) in [5.41, 5.74) is 5.13.